The van der Waals surface area contributed by atoms with Crippen molar-refractivity contribution in [3.05, 3.63) is 101 Å². The number of carbonyl (C=O) groups is 1. The number of carbonyl (C=O) groups excluding carboxylic acids is 1. The lowest BCUT2D eigenvalue weighted by atomic mass is 9.96. The first-order valence-corrected chi connectivity index (χ1v) is 16.2. The zero-order chi connectivity index (χ0) is 30.1. The number of sulfonamides is 1. The molecule has 0 heterocycles. The van der Waals surface area contributed by atoms with Gasteiger partial charge in [0.15, 0.2) is 0 Å². The molecule has 4 rings (SSSR count). The highest BCUT2D eigenvalue weighted by molar-refractivity contribution is 7.89. The fourth-order valence-electron chi connectivity index (χ4n) is 5.56. The van der Waals surface area contributed by atoms with Gasteiger partial charge in [-0.1, -0.05) is 50.5 Å². The summed E-state index contributed by atoms with van der Waals surface area (Å²) in [5.41, 5.74) is 3.17. The first kappa shape index (κ1) is 31.8. The number of amides is 1. The predicted molar refractivity (Wildman–Crippen MR) is 162 cm³/mol. The molecule has 3 aromatic carbocycles. The molecule has 1 fully saturated rings. The minimum atomic E-state index is -3.67. The molecule has 0 bridgehead atoms. The van der Waals surface area contributed by atoms with Crippen molar-refractivity contribution >= 4 is 15.9 Å². The van der Waals surface area contributed by atoms with Gasteiger partial charge in [0.25, 0.3) is 5.91 Å². The Kier molecular flexibility index (Phi) is 11.2. The summed E-state index contributed by atoms with van der Waals surface area (Å²) < 4.78 is 55.6. The summed E-state index contributed by atoms with van der Waals surface area (Å²) in [7, 11) is -2.05. The van der Waals surface area contributed by atoms with E-state index in [1.165, 1.54) is 46.3 Å². The number of hydrogen-bond acceptors (Lipinski definition) is 4. The highest BCUT2D eigenvalue weighted by Crippen LogP contribution is 2.26. The Morgan fingerprint density at radius 2 is 1.60 bits per heavy atom. The van der Waals surface area contributed by atoms with Crippen molar-refractivity contribution in [3.63, 3.8) is 0 Å². The van der Waals surface area contributed by atoms with Gasteiger partial charge in [0.05, 0.1) is 4.90 Å². The van der Waals surface area contributed by atoms with Crippen molar-refractivity contribution in [1.82, 2.24) is 14.9 Å². The van der Waals surface area contributed by atoms with E-state index in [-0.39, 0.29) is 23.3 Å². The van der Waals surface area contributed by atoms with Gasteiger partial charge in [-0.05, 0) is 91.7 Å². The van der Waals surface area contributed by atoms with Crippen molar-refractivity contribution in [3.8, 4) is 0 Å². The van der Waals surface area contributed by atoms with Gasteiger partial charge in [-0.25, -0.2) is 17.2 Å². The van der Waals surface area contributed by atoms with Crippen LogP contribution < -0.4 is 10.6 Å². The molecule has 0 unspecified atom stereocenters. The Morgan fingerprint density at radius 3 is 2.26 bits per heavy atom. The van der Waals surface area contributed by atoms with E-state index < -0.39 is 27.7 Å². The van der Waals surface area contributed by atoms with Gasteiger partial charge >= 0.3 is 0 Å². The molecule has 0 spiro atoms. The minimum absolute atomic E-state index is 0.00987. The van der Waals surface area contributed by atoms with Crippen LogP contribution in [0, 0.1) is 11.6 Å². The number of benzene rings is 3. The Morgan fingerprint density at radius 1 is 0.929 bits per heavy atom. The molecule has 0 aromatic heterocycles. The Bertz CT molecular complexity index is 1420. The molecule has 1 saturated carbocycles. The second-order valence-electron chi connectivity index (χ2n) is 11.1. The maximum absolute atomic E-state index is 13.9. The van der Waals surface area contributed by atoms with Gasteiger partial charge in [-0.2, -0.15) is 4.31 Å². The quantitative estimate of drug-likeness (QED) is 0.237. The molecule has 226 valence electrons. The molecule has 0 aliphatic heterocycles. The molecule has 1 aliphatic rings. The highest BCUT2D eigenvalue weighted by Gasteiger charge is 2.29. The smallest absolute Gasteiger partial charge is 0.251 e. The van der Waals surface area contributed by atoms with E-state index in [2.05, 4.69) is 35.8 Å². The average Bonchev–Trinajstić information content (AvgIpc) is 2.99. The van der Waals surface area contributed by atoms with Crippen LogP contribution in [0.25, 0.3) is 0 Å². The summed E-state index contributed by atoms with van der Waals surface area (Å²) >= 11 is 0. The largest absolute Gasteiger partial charge is 0.349 e. The number of rotatable bonds is 13. The summed E-state index contributed by atoms with van der Waals surface area (Å²) in [6.07, 6.45) is 6.60. The highest BCUT2D eigenvalue weighted by atomic mass is 32.2. The van der Waals surface area contributed by atoms with Gasteiger partial charge < -0.3 is 10.6 Å². The van der Waals surface area contributed by atoms with E-state index in [0.29, 0.717) is 30.6 Å². The maximum atomic E-state index is 13.9. The second-order valence-corrected chi connectivity index (χ2v) is 13.1. The molecule has 1 amide bonds. The molecule has 2 N–H and O–H groups in total. The molecular weight excluding hydrogens is 556 g/mol. The van der Waals surface area contributed by atoms with Crippen LogP contribution in [0.2, 0.25) is 0 Å². The van der Waals surface area contributed by atoms with Crippen LogP contribution in [-0.2, 0) is 29.4 Å². The number of nitrogens with one attached hydrogen (secondary N) is 2. The second kappa shape index (κ2) is 14.8. The average molecular weight is 598 g/mol. The lowest BCUT2D eigenvalue weighted by Gasteiger charge is -2.30. The minimum Gasteiger partial charge on any atom is -0.349 e. The molecule has 42 heavy (non-hydrogen) atoms. The Hall–Kier alpha value is -3.14. The summed E-state index contributed by atoms with van der Waals surface area (Å²) in [4.78, 5) is 13.4. The zero-order valence-electron chi connectivity index (χ0n) is 24.4. The van der Waals surface area contributed by atoms with E-state index in [0.717, 1.165) is 50.2 Å². The van der Waals surface area contributed by atoms with Gasteiger partial charge in [0, 0.05) is 37.3 Å². The third kappa shape index (κ3) is 8.69. The summed E-state index contributed by atoms with van der Waals surface area (Å²) in [5.74, 6) is -1.71. The van der Waals surface area contributed by atoms with Crippen molar-refractivity contribution in [1.29, 1.82) is 0 Å². The molecule has 3 aromatic rings. The molecule has 1 atom stereocenters. The van der Waals surface area contributed by atoms with Crippen LogP contribution in [0.1, 0.15) is 72.5 Å². The number of halogens is 2. The van der Waals surface area contributed by atoms with E-state index in [1.807, 2.05) is 6.07 Å². The molecule has 0 saturated heterocycles. The van der Waals surface area contributed by atoms with Gasteiger partial charge in [0.2, 0.25) is 10.0 Å². The first-order valence-electron chi connectivity index (χ1n) is 14.8. The monoisotopic (exact) mass is 597 g/mol. The fraction of sp³-hybridized carbons (Fsp3) is 0.424. The SMILES string of the molecule is CCc1cccc(CNCC[C@H](Cc2cc(F)cc(F)c2)NC(=O)c2ccc(S(=O)(=O)N(C)C3CCCCC3)cc2)c1. The van der Waals surface area contributed by atoms with Crippen LogP contribution >= 0.6 is 0 Å². The number of hydrogen-bond donors (Lipinski definition) is 2. The lowest BCUT2D eigenvalue weighted by Crippen LogP contribution is -2.39. The van der Waals surface area contributed by atoms with E-state index >= 15 is 0 Å². The van der Waals surface area contributed by atoms with Crippen molar-refractivity contribution in [2.45, 2.75) is 81.8 Å². The topological polar surface area (TPSA) is 78.5 Å². The van der Waals surface area contributed by atoms with Crippen molar-refractivity contribution < 1.29 is 22.0 Å². The summed E-state index contributed by atoms with van der Waals surface area (Å²) in [5, 5.41) is 6.38. The Labute approximate surface area is 248 Å². The number of nitrogens with zero attached hydrogens (tertiary/aromatic N) is 1. The summed E-state index contributed by atoms with van der Waals surface area (Å²) in [6.45, 7) is 3.34. The molecule has 0 radical (unpaired) electrons. The number of aryl methyl sites for hydroxylation is 1. The van der Waals surface area contributed by atoms with Gasteiger partial charge in [-0.3, -0.25) is 4.79 Å². The van der Waals surface area contributed by atoms with Crippen LogP contribution in [0.4, 0.5) is 8.78 Å². The standard InChI is InChI=1S/C33H41F2N3O3S/c1-3-24-8-7-9-25(18-24)23-36-17-16-30(21-26-19-28(34)22-29(35)20-26)37-33(39)27-12-14-32(15-13-27)42(40,41)38(2)31-10-5-4-6-11-31/h7-9,12-15,18-20,22,30-31,36H,3-6,10-11,16-17,21,23H2,1-2H3,(H,37,39)/t30-/m1/s1. The van der Waals surface area contributed by atoms with E-state index in [4.69, 9.17) is 0 Å². The van der Waals surface area contributed by atoms with Crippen LogP contribution in [-0.4, -0.2) is 44.3 Å². The predicted octanol–water partition coefficient (Wildman–Crippen LogP) is 6.00. The van der Waals surface area contributed by atoms with Crippen molar-refractivity contribution in [2.24, 2.45) is 0 Å². The third-order valence-electron chi connectivity index (χ3n) is 8.02. The van der Waals surface area contributed by atoms with Gasteiger partial charge in [-0.15, -0.1) is 0 Å². The molecular formula is C33H41F2N3O3S. The summed E-state index contributed by atoms with van der Waals surface area (Å²) in [6, 6.07) is 17.2. The maximum Gasteiger partial charge on any atom is 0.251 e. The molecule has 9 heteroatoms. The molecule has 1 aliphatic carbocycles. The lowest BCUT2D eigenvalue weighted by molar-refractivity contribution is 0.0934. The third-order valence-corrected chi connectivity index (χ3v) is 9.94. The van der Waals surface area contributed by atoms with Crippen LogP contribution in [0.5, 0.6) is 0 Å². The molecule has 6 nitrogen and oxygen atoms in total. The van der Waals surface area contributed by atoms with Crippen LogP contribution in [0.15, 0.2) is 71.6 Å². The normalized spacial score (nSPS) is 15.1. The van der Waals surface area contributed by atoms with Crippen molar-refractivity contribution in [2.75, 3.05) is 13.6 Å². The zero-order valence-corrected chi connectivity index (χ0v) is 25.2. The van der Waals surface area contributed by atoms with E-state index in [1.54, 1.807) is 7.05 Å². The Balaban J connectivity index is 1.41. The fourth-order valence-corrected chi connectivity index (χ4v) is 6.98. The van der Waals surface area contributed by atoms with E-state index in [9.17, 15) is 22.0 Å². The van der Waals surface area contributed by atoms with Gasteiger partial charge in [0.1, 0.15) is 11.6 Å². The first-order chi connectivity index (χ1) is 20.2. The van der Waals surface area contributed by atoms with Crippen LogP contribution in [0.3, 0.4) is 0 Å².